The van der Waals surface area contributed by atoms with Crippen molar-refractivity contribution in [1.29, 1.82) is 0 Å². The molecule has 90 heavy (non-hydrogen) atoms. The van der Waals surface area contributed by atoms with Gasteiger partial charge in [0.15, 0.2) is 68.1 Å². The van der Waals surface area contributed by atoms with Crippen LogP contribution < -0.4 is 0 Å². The average Bonchev–Trinajstić information content (AvgIpc) is 1.38. The first-order chi connectivity index (χ1) is 42.8. The monoisotopic (exact) mass is 1300 g/mol. The number of rotatable bonds is 28. The number of esters is 9. The van der Waals surface area contributed by atoms with Crippen LogP contribution in [0.1, 0.15) is 48.5 Å². The van der Waals surface area contributed by atoms with Gasteiger partial charge in [0.25, 0.3) is 0 Å². The maximum absolute atomic E-state index is 14.1. The number of hydrogen-bond acceptors (Lipinski definition) is 35. The van der Waals surface area contributed by atoms with Gasteiger partial charge in [-0.05, 0) is 5.53 Å². The van der Waals surface area contributed by atoms with Gasteiger partial charge in [0, 0.05) is 103 Å². The molecular weight excluding hydrogens is 1220 g/mol. The van der Waals surface area contributed by atoms with Gasteiger partial charge in [-0.2, -0.15) is 0 Å². The van der Waals surface area contributed by atoms with E-state index in [0.717, 1.165) is 69.8 Å². The molecule has 0 aromatic rings. The summed E-state index contributed by atoms with van der Waals surface area (Å²) in [5.41, 5.74) is 9.72. The zero-order valence-electron chi connectivity index (χ0n) is 52.3. The summed E-state index contributed by atoms with van der Waals surface area (Å²) < 4.78 is 147. The Morgan fingerprint density at radius 3 is 0.978 bits per heavy atom. The van der Waals surface area contributed by atoms with Gasteiger partial charge in [-0.3, -0.25) is 33.6 Å². The topological polar surface area (TPSA) is 433 Å². The van der Waals surface area contributed by atoms with E-state index in [9.17, 15) is 48.7 Å². The van der Waals surface area contributed by atoms with Gasteiger partial charge >= 0.3 is 53.7 Å². The highest BCUT2D eigenvalue weighted by Gasteiger charge is 2.62. The molecule has 37 nitrogen and oxygen atoms in total. The summed E-state index contributed by atoms with van der Waals surface area (Å²) >= 11 is 0. The molecule has 0 amide bonds. The first kappa shape index (κ1) is 74.6. The number of carbonyl (C=O) groups is 9. The fourth-order valence-electron chi connectivity index (χ4n) is 10.8. The van der Waals surface area contributed by atoms with Gasteiger partial charge < -0.3 is 118 Å². The Bertz CT molecular complexity index is 2490. The summed E-state index contributed by atoms with van der Waals surface area (Å²) in [5, 5.41) is 3.85. The third-order valence-corrected chi connectivity index (χ3v) is 14.4. The van der Waals surface area contributed by atoms with E-state index in [-0.39, 0.29) is 0 Å². The highest BCUT2D eigenvalue weighted by Crippen LogP contribution is 2.41. The number of hydrogen-bond donors (Lipinski definition) is 0. The molecular formula is C53H79N3O34. The summed E-state index contributed by atoms with van der Waals surface area (Å²) in [5.74, 6) is -8.50. The molecule has 0 spiro atoms. The van der Waals surface area contributed by atoms with Crippen LogP contribution in [0.15, 0.2) is 5.11 Å². The summed E-state index contributed by atoms with van der Waals surface area (Å²) in [7, 11) is 10.5. The largest absolute Gasteiger partial charge is 0.467 e. The summed E-state index contributed by atoms with van der Waals surface area (Å²) in [6.45, 7) is 5.60. The predicted octanol–water partition coefficient (Wildman–Crippen LogP) is -1.67. The Labute approximate surface area is 515 Å². The van der Waals surface area contributed by atoms with Crippen molar-refractivity contribution in [3.05, 3.63) is 10.4 Å². The molecule has 0 N–H and O–H groups in total. The van der Waals surface area contributed by atoms with Crippen molar-refractivity contribution in [2.75, 3.05) is 83.8 Å². The second kappa shape index (κ2) is 35.1. The Morgan fingerprint density at radius 2 is 0.644 bits per heavy atom. The number of nitrogens with zero attached hydrogens (tertiary/aromatic N) is 3. The fourth-order valence-corrected chi connectivity index (χ4v) is 10.8. The lowest BCUT2D eigenvalue weighted by molar-refractivity contribution is -0.390. The van der Waals surface area contributed by atoms with E-state index in [4.69, 9.17) is 118 Å². The van der Waals surface area contributed by atoms with E-state index in [1.54, 1.807) is 0 Å². The van der Waals surface area contributed by atoms with Gasteiger partial charge in [0.2, 0.25) is 0 Å². The van der Waals surface area contributed by atoms with Gasteiger partial charge in [0.05, 0.1) is 20.3 Å². The molecule has 5 rings (SSSR count). The molecule has 0 aromatic heterocycles. The second-order valence-corrected chi connectivity index (χ2v) is 20.3. The fraction of sp³-hybridized carbons (Fsp3) is 0.830. The molecule has 5 aliphatic heterocycles. The first-order valence-electron chi connectivity index (χ1n) is 27.7. The third-order valence-electron chi connectivity index (χ3n) is 14.4. The molecule has 25 atom stereocenters. The SMILES string of the molecule is COC(=O)C1O[C@@H](O[C@H]2C(OC(C)=O)C(OC(C)=O)[C@@H](O[C@H]3C(OC)C(OC)[C@@H](O[C@@H]4C(COC(C)=O)O[C@H](OC)C(OC(C)=O)[C@H]4OC(C)=O)O[C@H]3C(=O)OC)O[C@H]2COC(C)=O)C(OC)[C@@H](OC)[C@@H]1O[C@@H]1OC(COC(C)=O)C(OC)[C@H](OC)C1N=[N+]=[N-]. The Hall–Kier alpha value is -6.10. The minimum atomic E-state index is -2.04. The molecule has 0 radical (unpaired) electrons. The van der Waals surface area contributed by atoms with E-state index in [0.29, 0.717) is 0 Å². The zero-order chi connectivity index (χ0) is 66.8. The zero-order valence-corrected chi connectivity index (χ0v) is 52.3. The minimum Gasteiger partial charge on any atom is -0.467 e. The summed E-state index contributed by atoms with van der Waals surface area (Å²) in [6.07, 6.45) is -39.1. The third kappa shape index (κ3) is 18.6. The van der Waals surface area contributed by atoms with E-state index in [1.165, 1.54) is 42.7 Å². The van der Waals surface area contributed by atoms with Gasteiger partial charge in [-0.25, -0.2) is 9.59 Å². The molecule has 11 unspecified atom stereocenters. The van der Waals surface area contributed by atoms with Gasteiger partial charge in [-0.15, -0.1) is 0 Å². The van der Waals surface area contributed by atoms with Crippen molar-refractivity contribution in [3.63, 3.8) is 0 Å². The first-order valence-corrected chi connectivity index (χ1v) is 27.7. The van der Waals surface area contributed by atoms with Crippen LogP contribution in [0.3, 0.4) is 0 Å². The van der Waals surface area contributed by atoms with Gasteiger partial charge in [0.1, 0.15) is 99.1 Å². The lowest BCUT2D eigenvalue weighted by atomic mass is 9.94. The van der Waals surface area contributed by atoms with Crippen LogP contribution in [0.2, 0.25) is 0 Å². The molecule has 0 saturated carbocycles. The second-order valence-electron chi connectivity index (χ2n) is 20.3. The Balaban J connectivity index is 1.59. The molecule has 0 aromatic carbocycles. The lowest BCUT2D eigenvalue weighted by Gasteiger charge is -2.51. The van der Waals surface area contributed by atoms with E-state index < -0.39 is 227 Å². The summed E-state index contributed by atoms with van der Waals surface area (Å²) in [6, 6.07) is -1.38. The van der Waals surface area contributed by atoms with Crippen LogP contribution in [0.4, 0.5) is 0 Å². The van der Waals surface area contributed by atoms with Crippen LogP contribution in [-0.2, 0) is 162 Å². The lowest BCUT2D eigenvalue weighted by Crippen LogP contribution is -2.70. The standard InChI is InChI=1S/C53H79N3O34/c1-20(57)75-17-27-31(66-8)34(67-9)30(55-56-54)49(82-27)87-39-35(68-10)43(70-12)51(89-41(39)47(64)72-14)86-33-29(19-77-22(3)59)84-53(46(81-26(7)63)38(33)79-24(5)61)88-40-36(69-11)44(71-13)52(90-42(40)48(65)73-15)85-32-28(18-76-21(2)58)83-50(74-16)45(80-25(6)62)37(32)78-23(4)60/h27-46,49-53H,17-19H2,1-16H3/t27?,28?,29-,30?,31?,32+,33+,34+,35-,36?,37-,38?,39-,40-,41?,42+,43?,44?,45?,46?,49-,50-,51+,52-,53+/m0/s1. The quantitative estimate of drug-likeness (QED) is 0.0278. The van der Waals surface area contributed by atoms with Crippen molar-refractivity contribution in [2.45, 2.75) is 202 Å². The van der Waals surface area contributed by atoms with Crippen LogP contribution >= 0.6 is 0 Å². The molecule has 5 saturated heterocycles. The van der Waals surface area contributed by atoms with Crippen molar-refractivity contribution < 1.29 is 162 Å². The normalized spacial score (nSPS) is 36.7. The van der Waals surface area contributed by atoms with Crippen LogP contribution in [0.25, 0.3) is 10.4 Å². The van der Waals surface area contributed by atoms with E-state index in [2.05, 4.69) is 10.0 Å². The highest BCUT2D eigenvalue weighted by molar-refractivity contribution is 5.76. The highest BCUT2D eigenvalue weighted by atomic mass is 16.8. The molecule has 0 bridgehead atoms. The van der Waals surface area contributed by atoms with Crippen LogP contribution in [0.5, 0.6) is 0 Å². The van der Waals surface area contributed by atoms with E-state index in [1.807, 2.05) is 0 Å². The molecule has 5 aliphatic rings. The number of ether oxygens (including phenoxy) is 25. The number of methoxy groups -OCH3 is 9. The van der Waals surface area contributed by atoms with E-state index >= 15 is 0 Å². The van der Waals surface area contributed by atoms with Crippen LogP contribution in [-0.4, -0.2) is 291 Å². The summed E-state index contributed by atoms with van der Waals surface area (Å²) in [4.78, 5) is 120. The molecule has 5 heterocycles. The smallest absolute Gasteiger partial charge is 0.337 e. The number of carbonyl (C=O) groups excluding carboxylic acids is 9. The Morgan fingerprint density at radius 1 is 0.333 bits per heavy atom. The van der Waals surface area contributed by atoms with Gasteiger partial charge in [-0.1, -0.05) is 5.11 Å². The maximum atomic E-state index is 14.1. The average molecular weight is 1300 g/mol. The molecule has 5 fully saturated rings. The van der Waals surface area contributed by atoms with Crippen molar-refractivity contribution >= 4 is 53.7 Å². The Kier molecular flexibility index (Phi) is 29.1. The van der Waals surface area contributed by atoms with Crippen molar-refractivity contribution in [2.24, 2.45) is 5.11 Å². The minimum absolute atomic E-state index is 0.406. The predicted molar refractivity (Wildman–Crippen MR) is 284 cm³/mol. The molecule has 37 heteroatoms. The van der Waals surface area contributed by atoms with Crippen LogP contribution in [0, 0.1) is 0 Å². The molecule has 510 valence electrons. The van der Waals surface area contributed by atoms with Crippen molar-refractivity contribution in [1.82, 2.24) is 0 Å². The maximum Gasteiger partial charge on any atom is 0.337 e. The number of azide groups is 1. The molecule has 0 aliphatic carbocycles. The van der Waals surface area contributed by atoms with Crippen molar-refractivity contribution in [3.8, 4) is 0 Å².